The van der Waals surface area contributed by atoms with E-state index >= 15 is 0 Å². The van der Waals surface area contributed by atoms with Crippen molar-refractivity contribution in [2.75, 3.05) is 0 Å². The van der Waals surface area contributed by atoms with Crippen LogP contribution in [-0.2, 0) is 0 Å². The van der Waals surface area contributed by atoms with Crippen molar-refractivity contribution in [1.29, 1.82) is 0 Å². The zero-order chi connectivity index (χ0) is 15.7. The Kier molecular flexibility index (Phi) is 3.74. The van der Waals surface area contributed by atoms with E-state index in [1.165, 1.54) is 0 Å². The fourth-order valence-electron chi connectivity index (χ4n) is 1.42. The minimum atomic E-state index is -2.35. The SMILES string of the molecule is O=C(O)c1ccncc1Oc1c(F)c(F)c(F)c(F)c1F. The maximum Gasteiger partial charge on any atom is 0.339 e. The number of aromatic nitrogens is 1. The smallest absolute Gasteiger partial charge is 0.339 e. The predicted octanol–water partition coefficient (Wildman–Crippen LogP) is 3.27. The number of carboxylic acids is 1. The molecular weight excluding hydrogens is 301 g/mol. The Hall–Kier alpha value is -2.71. The number of nitrogens with zero attached hydrogens (tertiary/aromatic N) is 1. The van der Waals surface area contributed by atoms with E-state index in [1.54, 1.807) is 0 Å². The van der Waals surface area contributed by atoms with Gasteiger partial charge < -0.3 is 9.84 Å². The summed E-state index contributed by atoms with van der Waals surface area (Å²) in [5.41, 5.74) is -0.561. The topological polar surface area (TPSA) is 59.4 Å². The third-order valence-electron chi connectivity index (χ3n) is 2.40. The zero-order valence-electron chi connectivity index (χ0n) is 9.83. The van der Waals surface area contributed by atoms with Gasteiger partial charge in [-0.05, 0) is 6.07 Å². The molecule has 0 aliphatic rings. The third kappa shape index (κ3) is 2.49. The summed E-state index contributed by atoms with van der Waals surface area (Å²) in [6.07, 6.45) is 1.82. The van der Waals surface area contributed by atoms with Crippen molar-refractivity contribution in [3.05, 3.63) is 53.1 Å². The van der Waals surface area contributed by atoms with E-state index in [0.717, 1.165) is 18.5 Å². The number of hydrogen-bond donors (Lipinski definition) is 1. The standard InChI is InChI=1S/C12H4F5NO3/c13-6-7(14)9(16)11(10(17)8(6)15)21-5-3-18-2-1-4(5)12(19)20/h1-3H,(H,19,20). The molecule has 0 bridgehead atoms. The van der Waals surface area contributed by atoms with E-state index in [4.69, 9.17) is 5.11 Å². The number of carbonyl (C=O) groups is 1. The molecule has 9 heteroatoms. The predicted molar refractivity (Wildman–Crippen MR) is 57.5 cm³/mol. The molecule has 1 aromatic heterocycles. The lowest BCUT2D eigenvalue weighted by molar-refractivity contribution is 0.0693. The summed E-state index contributed by atoms with van der Waals surface area (Å²) < 4.78 is 70.2. The van der Waals surface area contributed by atoms with Crippen LogP contribution in [0, 0.1) is 29.1 Å². The van der Waals surface area contributed by atoms with Crippen LogP contribution in [0.15, 0.2) is 18.5 Å². The number of carboxylic acid groups (broad SMARTS) is 1. The molecule has 0 saturated carbocycles. The molecule has 0 saturated heterocycles. The molecule has 4 nitrogen and oxygen atoms in total. The summed E-state index contributed by atoms with van der Waals surface area (Å²) in [5.74, 6) is -15.0. The number of halogens is 5. The van der Waals surface area contributed by atoms with E-state index in [9.17, 15) is 26.7 Å². The highest BCUT2D eigenvalue weighted by atomic mass is 19.2. The summed E-state index contributed by atoms with van der Waals surface area (Å²) >= 11 is 0. The summed E-state index contributed by atoms with van der Waals surface area (Å²) in [6, 6.07) is 0.934. The second kappa shape index (κ2) is 5.35. The Morgan fingerprint density at radius 2 is 1.52 bits per heavy atom. The molecule has 0 atom stereocenters. The average molecular weight is 305 g/mol. The molecule has 0 amide bonds. The third-order valence-corrected chi connectivity index (χ3v) is 2.40. The van der Waals surface area contributed by atoms with Crippen molar-refractivity contribution < 1.29 is 36.6 Å². The minimum absolute atomic E-state index is 0.561. The molecule has 0 aliphatic carbocycles. The highest BCUT2D eigenvalue weighted by molar-refractivity contribution is 5.90. The lowest BCUT2D eigenvalue weighted by Crippen LogP contribution is -2.06. The summed E-state index contributed by atoms with van der Waals surface area (Å²) in [7, 11) is 0. The van der Waals surface area contributed by atoms with Gasteiger partial charge in [-0.2, -0.15) is 8.78 Å². The van der Waals surface area contributed by atoms with E-state index in [1.807, 2.05) is 0 Å². The van der Waals surface area contributed by atoms with Crippen LogP contribution < -0.4 is 4.74 Å². The van der Waals surface area contributed by atoms with Gasteiger partial charge in [-0.3, -0.25) is 4.98 Å². The van der Waals surface area contributed by atoms with Gasteiger partial charge in [-0.15, -0.1) is 0 Å². The van der Waals surface area contributed by atoms with Crippen molar-refractivity contribution in [1.82, 2.24) is 4.98 Å². The molecule has 0 unspecified atom stereocenters. The van der Waals surface area contributed by atoms with Crippen LogP contribution in [-0.4, -0.2) is 16.1 Å². The highest BCUT2D eigenvalue weighted by Gasteiger charge is 2.28. The maximum absolute atomic E-state index is 13.4. The van der Waals surface area contributed by atoms with Crippen LogP contribution >= 0.6 is 0 Å². The van der Waals surface area contributed by atoms with Gasteiger partial charge in [-0.1, -0.05) is 0 Å². The van der Waals surface area contributed by atoms with Gasteiger partial charge in [-0.25, -0.2) is 18.0 Å². The van der Waals surface area contributed by atoms with Crippen LogP contribution in [0.4, 0.5) is 22.0 Å². The molecule has 1 aromatic carbocycles. The first kappa shape index (κ1) is 14.7. The second-order valence-corrected chi connectivity index (χ2v) is 3.68. The Balaban J connectivity index is 2.58. The summed E-state index contributed by atoms with van der Waals surface area (Å²) in [6.45, 7) is 0. The fourth-order valence-corrected chi connectivity index (χ4v) is 1.42. The van der Waals surface area contributed by atoms with Crippen molar-refractivity contribution in [3.8, 4) is 11.5 Å². The first-order valence-electron chi connectivity index (χ1n) is 5.21. The number of hydrogen-bond acceptors (Lipinski definition) is 3. The molecule has 0 spiro atoms. The van der Waals surface area contributed by atoms with Crippen molar-refractivity contribution in [3.63, 3.8) is 0 Å². The van der Waals surface area contributed by atoms with Gasteiger partial charge in [0.05, 0.1) is 6.20 Å². The molecule has 0 radical (unpaired) electrons. The second-order valence-electron chi connectivity index (χ2n) is 3.68. The van der Waals surface area contributed by atoms with Gasteiger partial charge in [0.15, 0.2) is 5.75 Å². The van der Waals surface area contributed by atoms with Gasteiger partial charge in [0, 0.05) is 6.20 Å². The van der Waals surface area contributed by atoms with Crippen molar-refractivity contribution in [2.24, 2.45) is 0 Å². The molecule has 0 aliphatic heterocycles. The monoisotopic (exact) mass is 305 g/mol. The first-order valence-corrected chi connectivity index (χ1v) is 5.21. The van der Waals surface area contributed by atoms with Crippen molar-refractivity contribution >= 4 is 5.97 Å². The van der Waals surface area contributed by atoms with E-state index in [0.29, 0.717) is 0 Å². The lowest BCUT2D eigenvalue weighted by atomic mass is 10.2. The molecule has 1 heterocycles. The van der Waals surface area contributed by atoms with Crippen LogP contribution in [0.1, 0.15) is 10.4 Å². The first-order chi connectivity index (χ1) is 9.84. The molecule has 2 rings (SSSR count). The molecule has 110 valence electrons. The number of aromatic carboxylic acids is 1. The fraction of sp³-hybridized carbons (Fsp3) is 0. The Morgan fingerprint density at radius 3 is 2.05 bits per heavy atom. The quantitative estimate of drug-likeness (QED) is 0.537. The van der Waals surface area contributed by atoms with E-state index in [2.05, 4.69) is 9.72 Å². The minimum Gasteiger partial charge on any atom is -0.478 e. The summed E-state index contributed by atoms with van der Waals surface area (Å²) in [4.78, 5) is 14.3. The Bertz CT molecular complexity index is 706. The van der Waals surface area contributed by atoms with Crippen LogP contribution in [0.2, 0.25) is 0 Å². The van der Waals surface area contributed by atoms with Crippen LogP contribution in [0.3, 0.4) is 0 Å². The maximum atomic E-state index is 13.4. The molecule has 0 fully saturated rings. The normalized spacial score (nSPS) is 10.5. The number of rotatable bonds is 3. The average Bonchev–Trinajstić information content (AvgIpc) is 2.48. The lowest BCUT2D eigenvalue weighted by Gasteiger charge is -2.11. The Morgan fingerprint density at radius 1 is 1.00 bits per heavy atom. The summed E-state index contributed by atoms with van der Waals surface area (Å²) in [5, 5.41) is 8.83. The van der Waals surface area contributed by atoms with Gasteiger partial charge in [0.25, 0.3) is 0 Å². The number of pyridine rings is 1. The zero-order valence-corrected chi connectivity index (χ0v) is 9.83. The molecule has 2 aromatic rings. The van der Waals surface area contributed by atoms with Gasteiger partial charge in [0.1, 0.15) is 5.56 Å². The van der Waals surface area contributed by atoms with E-state index < -0.39 is 52.1 Å². The molecule has 1 N–H and O–H groups in total. The van der Waals surface area contributed by atoms with Gasteiger partial charge >= 0.3 is 5.97 Å². The van der Waals surface area contributed by atoms with Crippen LogP contribution in [0.5, 0.6) is 11.5 Å². The molecule has 21 heavy (non-hydrogen) atoms. The number of benzene rings is 1. The number of ether oxygens (including phenoxy) is 1. The van der Waals surface area contributed by atoms with Crippen molar-refractivity contribution in [2.45, 2.75) is 0 Å². The van der Waals surface area contributed by atoms with E-state index in [-0.39, 0.29) is 0 Å². The highest BCUT2D eigenvalue weighted by Crippen LogP contribution is 2.33. The largest absolute Gasteiger partial charge is 0.478 e. The van der Waals surface area contributed by atoms with Crippen LogP contribution in [0.25, 0.3) is 0 Å². The Labute approximate surface area is 113 Å². The molecular formula is C12H4F5NO3. The van der Waals surface area contributed by atoms with Gasteiger partial charge in [0.2, 0.25) is 34.8 Å².